The summed E-state index contributed by atoms with van der Waals surface area (Å²) in [6, 6.07) is 15.0. The fraction of sp³-hybridized carbons (Fsp3) is 0.227. The predicted octanol–water partition coefficient (Wildman–Crippen LogP) is 4.06. The Bertz CT molecular complexity index is 982. The van der Waals surface area contributed by atoms with Crippen molar-refractivity contribution < 1.29 is 19.1 Å². The van der Waals surface area contributed by atoms with Crippen LogP contribution in [0.15, 0.2) is 53.9 Å². The zero-order valence-electron chi connectivity index (χ0n) is 16.3. The van der Waals surface area contributed by atoms with E-state index < -0.39 is 5.97 Å². The van der Waals surface area contributed by atoms with Crippen LogP contribution in [0.3, 0.4) is 0 Å². The van der Waals surface area contributed by atoms with Crippen LogP contribution in [0.25, 0.3) is 0 Å². The first-order valence-corrected chi connectivity index (χ1v) is 10.0. The van der Waals surface area contributed by atoms with Gasteiger partial charge in [0, 0.05) is 11.1 Å². The summed E-state index contributed by atoms with van der Waals surface area (Å²) in [5, 5.41) is 5.28. The largest absolute Gasteiger partial charge is 0.482 e. The van der Waals surface area contributed by atoms with Crippen molar-refractivity contribution in [3.8, 4) is 5.75 Å². The van der Waals surface area contributed by atoms with E-state index in [0.717, 1.165) is 16.8 Å². The Morgan fingerprint density at radius 1 is 1.07 bits per heavy atom. The number of benzene rings is 2. The van der Waals surface area contributed by atoms with Crippen LogP contribution in [-0.4, -0.2) is 23.5 Å². The van der Waals surface area contributed by atoms with Crippen molar-refractivity contribution in [2.24, 2.45) is 0 Å². The van der Waals surface area contributed by atoms with E-state index in [1.54, 1.807) is 11.4 Å². The minimum Gasteiger partial charge on any atom is -0.482 e. The normalized spacial score (nSPS) is 10.4. The molecule has 6 nitrogen and oxygen atoms in total. The number of anilines is 1. The highest BCUT2D eigenvalue weighted by molar-refractivity contribution is 7.09. The van der Waals surface area contributed by atoms with Crippen molar-refractivity contribution in [1.29, 1.82) is 0 Å². The van der Waals surface area contributed by atoms with Crippen LogP contribution in [-0.2, 0) is 27.4 Å². The molecule has 0 aliphatic heterocycles. The Labute approximate surface area is 173 Å². The van der Waals surface area contributed by atoms with Crippen LogP contribution in [0.1, 0.15) is 21.8 Å². The summed E-state index contributed by atoms with van der Waals surface area (Å²) in [5.74, 6) is 0.00829. The highest BCUT2D eigenvalue weighted by Gasteiger charge is 2.11. The van der Waals surface area contributed by atoms with Gasteiger partial charge in [-0.3, -0.25) is 4.79 Å². The number of ether oxygens (including phenoxy) is 2. The van der Waals surface area contributed by atoms with Gasteiger partial charge in [-0.2, -0.15) is 0 Å². The zero-order valence-corrected chi connectivity index (χ0v) is 17.1. The summed E-state index contributed by atoms with van der Waals surface area (Å²) in [5.41, 5.74) is 3.54. The number of carbonyl (C=O) groups is 2. The molecule has 1 heterocycles. The number of carbonyl (C=O) groups excluding carboxylic acids is 2. The number of rotatable bonds is 8. The molecular weight excluding hydrogens is 388 g/mol. The van der Waals surface area contributed by atoms with Crippen molar-refractivity contribution in [3.63, 3.8) is 0 Å². The van der Waals surface area contributed by atoms with Gasteiger partial charge in [0.1, 0.15) is 17.4 Å². The number of esters is 1. The molecule has 0 spiro atoms. The quantitative estimate of drug-likeness (QED) is 0.567. The van der Waals surface area contributed by atoms with Crippen LogP contribution in [0, 0.1) is 13.8 Å². The van der Waals surface area contributed by atoms with Crippen molar-refractivity contribution in [3.05, 3.63) is 75.7 Å². The average molecular weight is 410 g/mol. The van der Waals surface area contributed by atoms with Gasteiger partial charge >= 0.3 is 5.97 Å². The number of hydrogen-bond donors (Lipinski definition) is 1. The maximum atomic E-state index is 12.1. The molecule has 0 radical (unpaired) electrons. The van der Waals surface area contributed by atoms with Crippen LogP contribution in [0.4, 0.5) is 5.69 Å². The Hall–Kier alpha value is -3.19. The topological polar surface area (TPSA) is 77.5 Å². The molecule has 0 saturated heterocycles. The number of thiazole rings is 1. The average Bonchev–Trinajstić information content (AvgIpc) is 3.14. The number of aryl methyl sites for hydroxylation is 2. The Morgan fingerprint density at radius 3 is 2.62 bits per heavy atom. The minimum absolute atomic E-state index is 0.0477. The standard InChI is InChI=1S/C22H22N2O4S/c1-15-6-8-17(9-7-15)23-20(25)11-21-24-18(14-29-21)12-28-22(26)13-27-19-5-3-4-16(2)10-19/h3-10,14H,11-13H2,1-2H3,(H,23,25). The fourth-order valence-corrected chi connectivity index (χ4v) is 3.30. The highest BCUT2D eigenvalue weighted by Crippen LogP contribution is 2.15. The smallest absolute Gasteiger partial charge is 0.344 e. The third-order valence-corrected chi connectivity index (χ3v) is 4.87. The lowest BCUT2D eigenvalue weighted by Crippen LogP contribution is -2.15. The van der Waals surface area contributed by atoms with Gasteiger partial charge in [-0.15, -0.1) is 11.3 Å². The summed E-state index contributed by atoms with van der Waals surface area (Å²) in [7, 11) is 0. The highest BCUT2D eigenvalue weighted by atomic mass is 32.1. The van der Waals surface area contributed by atoms with Gasteiger partial charge in [-0.05, 0) is 43.7 Å². The first kappa shape index (κ1) is 20.5. The predicted molar refractivity (Wildman–Crippen MR) is 112 cm³/mol. The molecule has 0 unspecified atom stereocenters. The third kappa shape index (κ3) is 6.73. The Morgan fingerprint density at radius 2 is 1.86 bits per heavy atom. The molecule has 0 bridgehead atoms. The maximum Gasteiger partial charge on any atom is 0.344 e. The van der Waals surface area contributed by atoms with Crippen LogP contribution in [0.2, 0.25) is 0 Å². The lowest BCUT2D eigenvalue weighted by Gasteiger charge is -2.06. The number of aromatic nitrogens is 1. The first-order chi connectivity index (χ1) is 14.0. The fourth-order valence-electron chi connectivity index (χ4n) is 2.52. The van der Waals surface area contributed by atoms with Gasteiger partial charge in [0.2, 0.25) is 5.91 Å². The van der Waals surface area contributed by atoms with Crippen molar-refractivity contribution >= 4 is 28.9 Å². The minimum atomic E-state index is -0.474. The van der Waals surface area contributed by atoms with Crippen LogP contribution >= 0.6 is 11.3 Å². The molecule has 1 aromatic heterocycles. The van der Waals surface area contributed by atoms with E-state index in [0.29, 0.717) is 16.5 Å². The van der Waals surface area contributed by atoms with E-state index in [2.05, 4.69) is 10.3 Å². The van der Waals surface area contributed by atoms with Gasteiger partial charge < -0.3 is 14.8 Å². The van der Waals surface area contributed by atoms with Gasteiger partial charge in [0.05, 0.1) is 12.1 Å². The molecule has 29 heavy (non-hydrogen) atoms. The second-order valence-electron chi connectivity index (χ2n) is 6.59. The van der Waals surface area contributed by atoms with E-state index >= 15 is 0 Å². The molecule has 0 atom stereocenters. The molecule has 0 saturated carbocycles. The van der Waals surface area contributed by atoms with E-state index in [9.17, 15) is 9.59 Å². The van der Waals surface area contributed by atoms with E-state index in [4.69, 9.17) is 9.47 Å². The number of nitrogens with zero attached hydrogens (tertiary/aromatic N) is 1. The molecule has 0 aliphatic rings. The van der Waals surface area contributed by atoms with E-state index in [1.807, 2.05) is 56.3 Å². The second kappa shape index (κ2) is 9.84. The summed E-state index contributed by atoms with van der Waals surface area (Å²) in [6.45, 7) is 3.82. The van der Waals surface area contributed by atoms with Crippen LogP contribution < -0.4 is 10.1 Å². The first-order valence-electron chi connectivity index (χ1n) is 9.13. The monoisotopic (exact) mass is 410 g/mol. The third-order valence-electron chi connectivity index (χ3n) is 3.97. The van der Waals surface area contributed by atoms with E-state index in [-0.39, 0.29) is 25.5 Å². The van der Waals surface area contributed by atoms with Crippen molar-refractivity contribution in [1.82, 2.24) is 4.98 Å². The van der Waals surface area contributed by atoms with Crippen molar-refractivity contribution in [2.45, 2.75) is 26.9 Å². The summed E-state index contributed by atoms with van der Waals surface area (Å²) >= 11 is 1.36. The zero-order chi connectivity index (χ0) is 20.6. The van der Waals surface area contributed by atoms with Gasteiger partial charge in [0.15, 0.2) is 6.61 Å². The summed E-state index contributed by atoms with van der Waals surface area (Å²) < 4.78 is 10.6. The SMILES string of the molecule is Cc1ccc(NC(=O)Cc2nc(COC(=O)COc3cccc(C)c3)cs2)cc1. The molecule has 1 amide bonds. The summed E-state index contributed by atoms with van der Waals surface area (Å²) in [4.78, 5) is 28.3. The van der Waals surface area contributed by atoms with Crippen molar-refractivity contribution in [2.75, 3.05) is 11.9 Å². The molecular formula is C22H22N2O4S. The molecule has 3 aromatic rings. The number of nitrogens with one attached hydrogen (secondary N) is 1. The molecule has 2 aromatic carbocycles. The van der Waals surface area contributed by atoms with Crippen LogP contribution in [0.5, 0.6) is 5.75 Å². The number of amides is 1. The Kier molecular flexibility index (Phi) is 6.97. The number of hydrogen-bond acceptors (Lipinski definition) is 6. The molecule has 150 valence electrons. The second-order valence-corrected chi connectivity index (χ2v) is 7.53. The van der Waals surface area contributed by atoms with Gasteiger partial charge in [-0.25, -0.2) is 9.78 Å². The molecule has 1 N–H and O–H groups in total. The summed E-state index contributed by atoms with van der Waals surface area (Å²) in [6.07, 6.45) is 0.170. The molecule has 7 heteroatoms. The van der Waals surface area contributed by atoms with Gasteiger partial charge in [-0.1, -0.05) is 29.8 Å². The molecule has 0 aliphatic carbocycles. The molecule has 3 rings (SSSR count). The lowest BCUT2D eigenvalue weighted by molar-refractivity contribution is -0.147. The Balaban J connectivity index is 1.41. The van der Waals surface area contributed by atoms with E-state index in [1.165, 1.54) is 11.3 Å². The maximum absolute atomic E-state index is 12.1. The van der Waals surface area contributed by atoms with Gasteiger partial charge in [0.25, 0.3) is 0 Å². The lowest BCUT2D eigenvalue weighted by atomic mass is 10.2. The molecule has 0 fully saturated rings.